The fourth-order valence-corrected chi connectivity index (χ4v) is 2.71. The van der Waals surface area contributed by atoms with Crippen LogP contribution in [0.2, 0.25) is 0 Å². The zero-order valence-corrected chi connectivity index (χ0v) is 11.9. The largest absolute Gasteiger partial charge is 0.487 e. The van der Waals surface area contributed by atoms with Gasteiger partial charge in [0.2, 0.25) is 0 Å². The third-order valence-electron chi connectivity index (χ3n) is 3.85. The zero-order valence-electron chi connectivity index (χ0n) is 11.9. The van der Waals surface area contributed by atoms with Gasteiger partial charge in [-0.15, -0.1) is 0 Å². The van der Waals surface area contributed by atoms with E-state index >= 15 is 0 Å². The number of hydrogen-bond donors (Lipinski definition) is 1. The average Bonchev–Trinajstić information content (AvgIpc) is 2.48. The maximum Gasteiger partial charge on any atom is 0.165 e. The van der Waals surface area contributed by atoms with E-state index < -0.39 is 0 Å². The summed E-state index contributed by atoms with van der Waals surface area (Å²) in [6.45, 7) is 1.99. The van der Waals surface area contributed by atoms with Crippen molar-refractivity contribution in [3.63, 3.8) is 0 Å². The van der Waals surface area contributed by atoms with Crippen LogP contribution in [0.1, 0.15) is 44.6 Å². The highest BCUT2D eigenvalue weighted by atomic mass is 19.1. The number of aliphatic hydroxyl groups is 1. The van der Waals surface area contributed by atoms with Crippen LogP contribution in [0, 0.1) is 23.6 Å². The molecule has 108 valence electrons. The van der Waals surface area contributed by atoms with E-state index in [0.717, 1.165) is 25.7 Å². The molecule has 0 spiro atoms. The Balaban J connectivity index is 2.07. The standard InChI is InChI=1S/C17H21FO2/c1-2-13-5-3-7-15(11-13)20-17-12-14(6-4-10-19)8-9-16(17)18/h8-9,12-13,15,19H,2-3,5,7,10-11H2,1H3. The molecule has 2 nitrogen and oxygen atoms in total. The third kappa shape index (κ3) is 3.98. The number of aliphatic hydroxyl groups excluding tert-OH is 1. The van der Waals surface area contributed by atoms with Gasteiger partial charge in [0.15, 0.2) is 11.6 Å². The minimum atomic E-state index is -0.349. The van der Waals surface area contributed by atoms with Crippen LogP contribution in [0.15, 0.2) is 18.2 Å². The van der Waals surface area contributed by atoms with Gasteiger partial charge in [-0.1, -0.05) is 31.6 Å². The molecule has 1 aliphatic rings. The molecule has 1 N–H and O–H groups in total. The highest BCUT2D eigenvalue weighted by molar-refractivity contribution is 5.40. The molecule has 1 saturated carbocycles. The van der Waals surface area contributed by atoms with Crippen LogP contribution >= 0.6 is 0 Å². The first-order valence-corrected chi connectivity index (χ1v) is 7.28. The van der Waals surface area contributed by atoms with Gasteiger partial charge in [-0.3, -0.25) is 0 Å². The van der Waals surface area contributed by atoms with Crippen LogP contribution in [0.3, 0.4) is 0 Å². The maximum absolute atomic E-state index is 13.8. The predicted octanol–water partition coefficient (Wildman–Crippen LogP) is 3.52. The van der Waals surface area contributed by atoms with Crippen LogP contribution in [-0.4, -0.2) is 17.8 Å². The van der Waals surface area contributed by atoms with Crippen LogP contribution in [-0.2, 0) is 0 Å². The molecule has 3 heteroatoms. The van der Waals surface area contributed by atoms with E-state index in [4.69, 9.17) is 9.84 Å². The fourth-order valence-electron chi connectivity index (χ4n) is 2.71. The Morgan fingerprint density at radius 2 is 2.25 bits per heavy atom. The molecule has 2 atom stereocenters. The first kappa shape index (κ1) is 14.9. The second kappa shape index (κ2) is 7.31. The maximum atomic E-state index is 13.8. The Morgan fingerprint density at radius 1 is 1.40 bits per heavy atom. The minimum absolute atomic E-state index is 0.101. The van der Waals surface area contributed by atoms with E-state index in [0.29, 0.717) is 11.5 Å². The summed E-state index contributed by atoms with van der Waals surface area (Å²) in [5.74, 6) is 5.95. The quantitative estimate of drug-likeness (QED) is 0.856. The second-order valence-corrected chi connectivity index (χ2v) is 5.29. The van der Waals surface area contributed by atoms with Crippen LogP contribution in [0.25, 0.3) is 0 Å². The lowest BCUT2D eigenvalue weighted by Gasteiger charge is -2.29. The third-order valence-corrected chi connectivity index (χ3v) is 3.85. The van der Waals surface area contributed by atoms with Crippen molar-refractivity contribution in [1.82, 2.24) is 0 Å². The number of benzene rings is 1. The van der Waals surface area contributed by atoms with Crippen molar-refractivity contribution < 1.29 is 14.2 Å². The van der Waals surface area contributed by atoms with Gasteiger partial charge in [-0.25, -0.2) is 4.39 Å². The summed E-state index contributed by atoms with van der Waals surface area (Å²) in [6.07, 6.45) is 5.65. The summed E-state index contributed by atoms with van der Waals surface area (Å²) in [7, 11) is 0. The van der Waals surface area contributed by atoms with E-state index in [1.165, 1.54) is 12.5 Å². The van der Waals surface area contributed by atoms with E-state index in [2.05, 4.69) is 18.8 Å². The summed E-state index contributed by atoms with van der Waals surface area (Å²) in [5, 5.41) is 8.69. The Bertz CT molecular complexity index is 501. The highest BCUT2D eigenvalue weighted by Gasteiger charge is 2.23. The molecule has 1 aliphatic carbocycles. The SMILES string of the molecule is CCC1CCCC(Oc2cc(C#CCO)ccc2F)C1. The second-order valence-electron chi connectivity index (χ2n) is 5.29. The molecule has 1 aromatic carbocycles. The van der Waals surface area contributed by atoms with E-state index in [-0.39, 0.29) is 24.3 Å². The first-order chi connectivity index (χ1) is 9.72. The Kier molecular flexibility index (Phi) is 5.43. The Labute approximate surface area is 120 Å². The predicted molar refractivity (Wildman–Crippen MR) is 77.0 cm³/mol. The summed E-state index contributed by atoms with van der Waals surface area (Å²) >= 11 is 0. The van der Waals surface area contributed by atoms with Gasteiger partial charge in [-0.05, 0) is 43.4 Å². The van der Waals surface area contributed by atoms with Gasteiger partial charge in [0.25, 0.3) is 0 Å². The molecule has 0 aromatic heterocycles. The molecule has 0 radical (unpaired) electrons. The summed E-state index contributed by atoms with van der Waals surface area (Å²) in [6, 6.07) is 4.59. The molecule has 1 fully saturated rings. The van der Waals surface area contributed by atoms with Crippen molar-refractivity contribution in [3.8, 4) is 17.6 Å². The summed E-state index contributed by atoms with van der Waals surface area (Å²) < 4.78 is 19.6. The van der Waals surface area contributed by atoms with Crippen molar-refractivity contribution in [2.75, 3.05) is 6.61 Å². The molecule has 2 rings (SSSR count). The van der Waals surface area contributed by atoms with Gasteiger partial charge < -0.3 is 9.84 Å². The summed E-state index contributed by atoms with van der Waals surface area (Å²) in [5.41, 5.74) is 0.665. The molecule has 0 saturated heterocycles. The molecule has 0 heterocycles. The van der Waals surface area contributed by atoms with Crippen molar-refractivity contribution >= 4 is 0 Å². The van der Waals surface area contributed by atoms with Crippen molar-refractivity contribution in [1.29, 1.82) is 0 Å². The van der Waals surface area contributed by atoms with Crippen LogP contribution in [0.4, 0.5) is 4.39 Å². The Morgan fingerprint density at radius 3 is 3.00 bits per heavy atom. The molecule has 1 aromatic rings. The van der Waals surface area contributed by atoms with Gasteiger partial charge in [-0.2, -0.15) is 0 Å². The zero-order chi connectivity index (χ0) is 14.4. The molecule has 0 bridgehead atoms. The van der Waals surface area contributed by atoms with E-state index in [9.17, 15) is 4.39 Å². The number of rotatable bonds is 3. The number of hydrogen-bond acceptors (Lipinski definition) is 2. The van der Waals surface area contributed by atoms with E-state index in [1.54, 1.807) is 12.1 Å². The molecule has 0 amide bonds. The average molecular weight is 276 g/mol. The smallest absolute Gasteiger partial charge is 0.165 e. The lowest BCUT2D eigenvalue weighted by atomic mass is 9.85. The van der Waals surface area contributed by atoms with Gasteiger partial charge in [0, 0.05) is 5.56 Å². The minimum Gasteiger partial charge on any atom is -0.487 e. The molecular formula is C17H21FO2. The van der Waals surface area contributed by atoms with Crippen molar-refractivity contribution in [2.24, 2.45) is 5.92 Å². The van der Waals surface area contributed by atoms with Gasteiger partial charge in [0.1, 0.15) is 6.61 Å². The molecule has 20 heavy (non-hydrogen) atoms. The highest BCUT2D eigenvalue weighted by Crippen LogP contribution is 2.30. The van der Waals surface area contributed by atoms with Crippen LogP contribution < -0.4 is 4.74 Å². The van der Waals surface area contributed by atoms with Crippen molar-refractivity contribution in [3.05, 3.63) is 29.6 Å². The monoisotopic (exact) mass is 276 g/mol. The molecule has 0 aliphatic heterocycles. The number of ether oxygens (including phenoxy) is 1. The topological polar surface area (TPSA) is 29.5 Å². The number of halogens is 1. The summed E-state index contributed by atoms with van der Waals surface area (Å²) in [4.78, 5) is 0. The lowest BCUT2D eigenvalue weighted by molar-refractivity contribution is 0.117. The van der Waals surface area contributed by atoms with Crippen molar-refractivity contribution in [2.45, 2.75) is 45.1 Å². The van der Waals surface area contributed by atoms with Gasteiger partial charge in [0.05, 0.1) is 6.10 Å². The van der Waals surface area contributed by atoms with E-state index in [1.807, 2.05) is 0 Å². The molecular weight excluding hydrogens is 255 g/mol. The first-order valence-electron chi connectivity index (χ1n) is 7.28. The molecule has 2 unspecified atom stereocenters. The van der Waals surface area contributed by atoms with Gasteiger partial charge >= 0.3 is 0 Å². The fraction of sp³-hybridized carbons (Fsp3) is 0.529. The van der Waals surface area contributed by atoms with Crippen LogP contribution in [0.5, 0.6) is 5.75 Å². The lowest BCUT2D eigenvalue weighted by Crippen LogP contribution is -2.25. The normalized spacial score (nSPS) is 21.9. The Hall–Kier alpha value is -1.53.